The molecule has 0 atom stereocenters. The topological polar surface area (TPSA) is 79.3 Å². The van der Waals surface area contributed by atoms with Crippen LogP contribution in [0, 0.1) is 0 Å². The summed E-state index contributed by atoms with van der Waals surface area (Å²) in [6.07, 6.45) is 2.96. The molecule has 0 bridgehead atoms. The number of aromatic nitrogens is 2. The van der Waals surface area contributed by atoms with Gasteiger partial charge >= 0.3 is 0 Å². The third kappa shape index (κ3) is 4.54. The number of rotatable bonds is 5. The van der Waals surface area contributed by atoms with Crippen molar-refractivity contribution in [3.63, 3.8) is 0 Å². The van der Waals surface area contributed by atoms with E-state index in [0.717, 1.165) is 5.69 Å². The summed E-state index contributed by atoms with van der Waals surface area (Å²) < 4.78 is 0. The number of para-hydroxylation sites is 1. The van der Waals surface area contributed by atoms with E-state index in [0.29, 0.717) is 15.0 Å². The lowest BCUT2D eigenvalue weighted by Crippen LogP contribution is -2.18. The average Bonchev–Trinajstić information content (AvgIpc) is 2.97. The van der Waals surface area contributed by atoms with Gasteiger partial charge in [-0.3, -0.25) is 9.78 Å². The standard InChI is InChI=1S/C16H11Cl2N5OS/c17-10-5-1-2-6-11(10)21-16-22-14(18)13(25-16)9-20-23-15(24)12-7-3-4-8-19-12/h1-9H,(H,21,22)(H,23,24)/b20-9+. The van der Waals surface area contributed by atoms with Crippen molar-refractivity contribution in [2.75, 3.05) is 5.32 Å². The molecule has 0 unspecified atom stereocenters. The third-order valence-corrected chi connectivity index (χ3v) is 4.61. The molecule has 0 aliphatic heterocycles. The third-order valence-electron chi connectivity index (χ3n) is 2.97. The molecule has 1 amide bonds. The van der Waals surface area contributed by atoms with Gasteiger partial charge in [-0.1, -0.05) is 52.7 Å². The number of pyridine rings is 1. The Morgan fingerprint density at radius 3 is 2.72 bits per heavy atom. The van der Waals surface area contributed by atoms with Gasteiger partial charge in [0.25, 0.3) is 5.91 Å². The molecule has 0 radical (unpaired) electrons. The Kier molecular flexibility index (Phi) is 5.60. The minimum atomic E-state index is -0.410. The second-order valence-electron chi connectivity index (χ2n) is 4.69. The van der Waals surface area contributed by atoms with Gasteiger partial charge in [0.2, 0.25) is 0 Å². The molecule has 9 heteroatoms. The number of thiazole rings is 1. The van der Waals surface area contributed by atoms with Gasteiger partial charge in [0.1, 0.15) is 5.69 Å². The maximum absolute atomic E-state index is 11.8. The molecule has 3 rings (SSSR count). The Morgan fingerprint density at radius 2 is 1.96 bits per heavy atom. The lowest BCUT2D eigenvalue weighted by atomic mass is 10.3. The van der Waals surface area contributed by atoms with E-state index in [1.54, 1.807) is 24.3 Å². The Labute approximate surface area is 157 Å². The van der Waals surface area contributed by atoms with Crippen molar-refractivity contribution in [1.29, 1.82) is 0 Å². The molecule has 0 saturated carbocycles. The van der Waals surface area contributed by atoms with E-state index in [4.69, 9.17) is 23.2 Å². The summed E-state index contributed by atoms with van der Waals surface area (Å²) in [5.41, 5.74) is 3.39. The molecular weight excluding hydrogens is 381 g/mol. The van der Waals surface area contributed by atoms with Crippen LogP contribution < -0.4 is 10.7 Å². The fourth-order valence-corrected chi connectivity index (χ4v) is 3.05. The van der Waals surface area contributed by atoms with Crippen molar-refractivity contribution in [2.24, 2.45) is 5.10 Å². The monoisotopic (exact) mass is 391 g/mol. The Hall–Kier alpha value is -2.48. The van der Waals surface area contributed by atoms with Gasteiger partial charge in [-0.15, -0.1) is 0 Å². The molecule has 1 aromatic carbocycles. The molecule has 3 aromatic rings. The van der Waals surface area contributed by atoms with Crippen molar-refractivity contribution in [2.45, 2.75) is 0 Å². The van der Waals surface area contributed by atoms with Gasteiger partial charge in [-0.25, -0.2) is 10.4 Å². The molecule has 2 heterocycles. The van der Waals surface area contributed by atoms with E-state index in [9.17, 15) is 4.79 Å². The summed E-state index contributed by atoms with van der Waals surface area (Å²) in [5, 5.41) is 8.39. The first kappa shape index (κ1) is 17.3. The van der Waals surface area contributed by atoms with Gasteiger partial charge < -0.3 is 5.32 Å². The molecule has 2 aromatic heterocycles. The van der Waals surface area contributed by atoms with Crippen molar-refractivity contribution in [3.05, 3.63) is 69.4 Å². The van der Waals surface area contributed by atoms with Crippen LogP contribution in [0.3, 0.4) is 0 Å². The van der Waals surface area contributed by atoms with Gasteiger partial charge in [0.05, 0.1) is 21.8 Å². The molecule has 25 heavy (non-hydrogen) atoms. The van der Waals surface area contributed by atoms with Crippen LogP contribution >= 0.6 is 34.5 Å². The lowest BCUT2D eigenvalue weighted by molar-refractivity contribution is 0.0950. The minimum absolute atomic E-state index is 0.274. The highest BCUT2D eigenvalue weighted by Gasteiger charge is 2.10. The number of halogens is 2. The van der Waals surface area contributed by atoms with E-state index in [-0.39, 0.29) is 10.8 Å². The van der Waals surface area contributed by atoms with Gasteiger partial charge in [0, 0.05) is 6.20 Å². The predicted molar refractivity (Wildman–Crippen MR) is 101 cm³/mol. The largest absolute Gasteiger partial charge is 0.330 e. The van der Waals surface area contributed by atoms with Crippen LogP contribution in [-0.4, -0.2) is 22.1 Å². The predicted octanol–water partition coefficient (Wildman–Crippen LogP) is 4.35. The van der Waals surface area contributed by atoms with Crippen LogP contribution in [0.5, 0.6) is 0 Å². The number of nitrogens with zero attached hydrogens (tertiary/aromatic N) is 3. The van der Waals surface area contributed by atoms with E-state index >= 15 is 0 Å². The Bertz CT molecular complexity index is 914. The normalized spacial score (nSPS) is 10.8. The minimum Gasteiger partial charge on any atom is -0.330 e. The zero-order valence-corrected chi connectivity index (χ0v) is 14.9. The summed E-state index contributed by atoms with van der Waals surface area (Å²) in [5.74, 6) is -0.410. The van der Waals surface area contributed by atoms with E-state index in [2.05, 4.69) is 25.8 Å². The highest BCUT2D eigenvalue weighted by molar-refractivity contribution is 7.17. The number of hydrogen-bond donors (Lipinski definition) is 2. The van der Waals surface area contributed by atoms with E-state index in [1.807, 2.05) is 18.2 Å². The average molecular weight is 392 g/mol. The first-order chi connectivity index (χ1) is 12.1. The van der Waals surface area contributed by atoms with Gasteiger partial charge in [-0.2, -0.15) is 5.10 Å². The highest BCUT2D eigenvalue weighted by Crippen LogP contribution is 2.30. The Morgan fingerprint density at radius 1 is 1.16 bits per heavy atom. The number of amides is 1. The molecule has 0 saturated heterocycles. The van der Waals surface area contributed by atoms with Gasteiger partial charge in [0.15, 0.2) is 10.3 Å². The van der Waals surface area contributed by atoms with Crippen molar-refractivity contribution in [3.8, 4) is 0 Å². The number of nitrogens with one attached hydrogen (secondary N) is 2. The molecule has 0 aliphatic carbocycles. The highest BCUT2D eigenvalue weighted by atomic mass is 35.5. The molecule has 0 aliphatic rings. The maximum Gasteiger partial charge on any atom is 0.289 e. The number of hydrogen-bond acceptors (Lipinski definition) is 6. The van der Waals surface area contributed by atoms with Crippen LogP contribution in [0.15, 0.2) is 53.8 Å². The summed E-state index contributed by atoms with van der Waals surface area (Å²) in [6, 6.07) is 12.3. The number of hydrazone groups is 1. The second-order valence-corrected chi connectivity index (χ2v) is 6.49. The van der Waals surface area contributed by atoms with Crippen LogP contribution in [0.4, 0.5) is 10.8 Å². The van der Waals surface area contributed by atoms with Crippen molar-refractivity contribution >= 4 is 57.5 Å². The summed E-state index contributed by atoms with van der Waals surface area (Å²) >= 11 is 13.5. The fourth-order valence-electron chi connectivity index (χ4n) is 1.83. The summed E-state index contributed by atoms with van der Waals surface area (Å²) in [7, 11) is 0. The van der Waals surface area contributed by atoms with Crippen molar-refractivity contribution < 1.29 is 4.79 Å². The first-order valence-electron chi connectivity index (χ1n) is 7.06. The fraction of sp³-hybridized carbons (Fsp3) is 0. The molecule has 6 nitrogen and oxygen atoms in total. The molecule has 126 valence electrons. The number of anilines is 2. The van der Waals surface area contributed by atoms with Crippen LogP contribution in [-0.2, 0) is 0 Å². The van der Waals surface area contributed by atoms with E-state index in [1.165, 1.54) is 23.7 Å². The first-order valence-corrected chi connectivity index (χ1v) is 8.63. The molecule has 0 fully saturated rings. The molecule has 2 N–H and O–H groups in total. The quantitative estimate of drug-likeness (QED) is 0.500. The Balaban J connectivity index is 1.66. The number of benzene rings is 1. The zero-order valence-electron chi connectivity index (χ0n) is 12.6. The SMILES string of the molecule is O=C(N/N=C/c1sc(Nc2ccccc2Cl)nc1Cl)c1ccccn1. The summed E-state index contributed by atoms with van der Waals surface area (Å²) in [6.45, 7) is 0. The van der Waals surface area contributed by atoms with E-state index < -0.39 is 5.91 Å². The number of carbonyl (C=O) groups is 1. The van der Waals surface area contributed by atoms with Crippen molar-refractivity contribution in [1.82, 2.24) is 15.4 Å². The molecular formula is C16H11Cl2N5OS. The molecule has 0 spiro atoms. The van der Waals surface area contributed by atoms with Crippen LogP contribution in [0.2, 0.25) is 10.2 Å². The van der Waals surface area contributed by atoms with Crippen LogP contribution in [0.1, 0.15) is 15.4 Å². The number of carbonyl (C=O) groups excluding carboxylic acids is 1. The zero-order chi connectivity index (χ0) is 17.6. The second kappa shape index (κ2) is 8.06. The summed E-state index contributed by atoms with van der Waals surface area (Å²) in [4.78, 5) is 20.6. The van der Waals surface area contributed by atoms with Crippen LogP contribution in [0.25, 0.3) is 0 Å². The maximum atomic E-state index is 11.8. The van der Waals surface area contributed by atoms with Gasteiger partial charge in [-0.05, 0) is 24.3 Å². The lowest BCUT2D eigenvalue weighted by Gasteiger charge is -2.03. The smallest absolute Gasteiger partial charge is 0.289 e.